The lowest BCUT2D eigenvalue weighted by Gasteiger charge is -2.37. The average molecular weight is 322 g/mol. The van der Waals surface area contributed by atoms with E-state index in [4.69, 9.17) is 11.6 Å². The van der Waals surface area contributed by atoms with Crippen LogP contribution < -0.4 is 10.2 Å². The molecule has 0 bridgehead atoms. The van der Waals surface area contributed by atoms with Gasteiger partial charge < -0.3 is 10.2 Å². The van der Waals surface area contributed by atoms with Crippen molar-refractivity contribution in [2.45, 2.75) is 12.7 Å². The summed E-state index contributed by atoms with van der Waals surface area (Å²) in [5.74, 6) is 0. The van der Waals surface area contributed by atoms with Gasteiger partial charge in [-0.2, -0.15) is 13.2 Å². The van der Waals surface area contributed by atoms with Crippen LogP contribution in [-0.2, 0) is 6.54 Å². The molecule has 21 heavy (non-hydrogen) atoms. The third-order valence-corrected chi connectivity index (χ3v) is 3.92. The van der Waals surface area contributed by atoms with Gasteiger partial charge in [-0.25, -0.2) is 0 Å². The second kappa shape index (κ2) is 6.85. The number of benzene rings is 1. The molecule has 0 saturated carbocycles. The summed E-state index contributed by atoms with van der Waals surface area (Å²) in [5, 5.41) is 3.75. The van der Waals surface area contributed by atoms with E-state index >= 15 is 0 Å². The molecule has 118 valence electrons. The van der Waals surface area contributed by atoms with Crippen molar-refractivity contribution in [3.05, 3.63) is 28.8 Å². The number of anilines is 1. The number of halogens is 4. The first-order valence-electron chi connectivity index (χ1n) is 6.87. The minimum atomic E-state index is -4.13. The topological polar surface area (TPSA) is 18.5 Å². The molecule has 1 fully saturated rings. The normalized spacial score (nSPS) is 17.3. The predicted molar refractivity (Wildman–Crippen MR) is 78.9 cm³/mol. The maximum absolute atomic E-state index is 12.4. The molecular weight excluding hydrogens is 303 g/mol. The molecule has 0 radical (unpaired) electrons. The molecule has 1 aliphatic heterocycles. The van der Waals surface area contributed by atoms with Gasteiger partial charge in [0.05, 0.1) is 6.54 Å². The van der Waals surface area contributed by atoms with Gasteiger partial charge in [-0.1, -0.05) is 17.7 Å². The molecule has 0 amide bonds. The summed E-state index contributed by atoms with van der Waals surface area (Å²) in [5.41, 5.74) is 1.99. The van der Waals surface area contributed by atoms with Gasteiger partial charge in [0.2, 0.25) is 0 Å². The van der Waals surface area contributed by atoms with Crippen LogP contribution in [-0.4, -0.2) is 50.8 Å². The lowest BCUT2D eigenvalue weighted by atomic mass is 10.1. The van der Waals surface area contributed by atoms with Gasteiger partial charge in [0, 0.05) is 49.0 Å². The van der Waals surface area contributed by atoms with Gasteiger partial charge in [0.1, 0.15) is 0 Å². The zero-order valence-electron chi connectivity index (χ0n) is 11.9. The van der Waals surface area contributed by atoms with Crippen molar-refractivity contribution in [3.8, 4) is 0 Å². The van der Waals surface area contributed by atoms with Gasteiger partial charge >= 0.3 is 6.18 Å². The lowest BCUT2D eigenvalue weighted by Crippen LogP contribution is -2.49. The van der Waals surface area contributed by atoms with Crippen LogP contribution in [0, 0.1) is 0 Å². The van der Waals surface area contributed by atoms with Crippen molar-refractivity contribution in [2.24, 2.45) is 0 Å². The van der Waals surface area contributed by atoms with Crippen LogP contribution in [0.4, 0.5) is 18.9 Å². The van der Waals surface area contributed by atoms with Crippen molar-refractivity contribution >= 4 is 17.3 Å². The molecule has 1 N–H and O–H groups in total. The molecule has 1 saturated heterocycles. The summed E-state index contributed by atoms with van der Waals surface area (Å²) in [7, 11) is 1.84. The largest absolute Gasteiger partial charge is 0.401 e. The highest BCUT2D eigenvalue weighted by atomic mass is 35.5. The molecule has 1 heterocycles. The van der Waals surface area contributed by atoms with Crippen molar-refractivity contribution in [1.82, 2.24) is 10.2 Å². The molecule has 1 aliphatic rings. The zero-order chi connectivity index (χ0) is 15.5. The quantitative estimate of drug-likeness (QED) is 0.920. The van der Waals surface area contributed by atoms with E-state index in [9.17, 15) is 13.2 Å². The van der Waals surface area contributed by atoms with Crippen LogP contribution in [0.2, 0.25) is 5.02 Å². The maximum Gasteiger partial charge on any atom is 0.401 e. The molecule has 0 spiro atoms. The molecule has 0 aliphatic carbocycles. The second-order valence-electron chi connectivity index (χ2n) is 5.15. The SMILES string of the molecule is CNCc1c(Cl)cccc1N1CCN(CC(F)(F)F)CC1. The van der Waals surface area contributed by atoms with E-state index in [0.29, 0.717) is 37.7 Å². The highest BCUT2D eigenvalue weighted by Crippen LogP contribution is 2.28. The first kappa shape index (κ1) is 16.4. The highest BCUT2D eigenvalue weighted by Gasteiger charge is 2.32. The van der Waals surface area contributed by atoms with Crippen molar-refractivity contribution in [1.29, 1.82) is 0 Å². The Hall–Kier alpha value is -0.980. The molecule has 2 rings (SSSR count). The molecule has 3 nitrogen and oxygen atoms in total. The number of nitrogens with zero attached hydrogens (tertiary/aromatic N) is 2. The minimum absolute atomic E-state index is 0.408. The van der Waals surface area contributed by atoms with Crippen LogP contribution >= 0.6 is 11.6 Å². The number of alkyl halides is 3. The fourth-order valence-electron chi connectivity index (χ4n) is 2.60. The Bertz CT molecular complexity index is 471. The third-order valence-electron chi connectivity index (χ3n) is 3.56. The second-order valence-corrected chi connectivity index (χ2v) is 5.55. The van der Waals surface area contributed by atoms with E-state index in [1.165, 1.54) is 4.90 Å². The van der Waals surface area contributed by atoms with E-state index in [2.05, 4.69) is 10.2 Å². The summed E-state index contributed by atoms with van der Waals surface area (Å²) in [4.78, 5) is 3.55. The van der Waals surface area contributed by atoms with Gasteiger partial charge in [-0.15, -0.1) is 0 Å². The van der Waals surface area contributed by atoms with Crippen LogP contribution in [0.5, 0.6) is 0 Å². The number of piperazine rings is 1. The highest BCUT2D eigenvalue weighted by molar-refractivity contribution is 6.31. The van der Waals surface area contributed by atoms with Crippen molar-refractivity contribution < 1.29 is 13.2 Å². The Morgan fingerprint density at radius 2 is 1.86 bits per heavy atom. The van der Waals surface area contributed by atoms with E-state index < -0.39 is 12.7 Å². The fourth-order valence-corrected chi connectivity index (χ4v) is 2.83. The van der Waals surface area contributed by atoms with E-state index in [-0.39, 0.29) is 0 Å². The van der Waals surface area contributed by atoms with E-state index in [1.807, 2.05) is 25.2 Å². The van der Waals surface area contributed by atoms with Crippen molar-refractivity contribution in [2.75, 3.05) is 44.7 Å². The molecule has 1 aromatic carbocycles. The Balaban J connectivity index is 2.04. The molecule has 7 heteroatoms. The van der Waals surface area contributed by atoms with E-state index in [1.54, 1.807) is 0 Å². The van der Waals surface area contributed by atoms with Gasteiger partial charge in [0.15, 0.2) is 0 Å². The van der Waals surface area contributed by atoms with Gasteiger partial charge in [-0.3, -0.25) is 4.90 Å². The lowest BCUT2D eigenvalue weighted by molar-refractivity contribution is -0.146. The Morgan fingerprint density at radius 1 is 1.19 bits per heavy atom. The van der Waals surface area contributed by atoms with Crippen LogP contribution in [0.15, 0.2) is 18.2 Å². The van der Waals surface area contributed by atoms with Crippen LogP contribution in [0.25, 0.3) is 0 Å². The van der Waals surface area contributed by atoms with Gasteiger partial charge in [-0.05, 0) is 19.2 Å². The molecule has 0 unspecified atom stereocenters. The minimum Gasteiger partial charge on any atom is -0.369 e. The zero-order valence-corrected chi connectivity index (χ0v) is 12.6. The number of hydrogen-bond donors (Lipinski definition) is 1. The van der Waals surface area contributed by atoms with Gasteiger partial charge in [0.25, 0.3) is 0 Å². The summed E-state index contributed by atoms with van der Waals surface area (Å²) >= 11 is 6.22. The van der Waals surface area contributed by atoms with Crippen LogP contribution in [0.1, 0.15) is 5.56 Å². The molecular formula is C14H19ClF3N3. The summed E-state index contributed by atoms with van der Waals surface area (Å²) in [6.45, 7) is 1.77. The van der Waals surface area contributed by atoms with E-state index in [0.717, 1.165) is 11.3 Å². The molecule has 0 atom stereocenters. The van der Waals surface area contributed by atoms with Crippen molar-refractivity contribution in [3.63, 3.8) is 0 Å². The number of hydrogen-bond acceptors (Lipinski definition) is 3. The standard InChI is InChI=1S/C14H19ClF3N3/c1-19-9-11-12(15)3-2-4-13(11)21-7-5-20(6-8-21)10-14(16,17)18/h2-4,19H,5-10H2,1H3. The third kappa shape index (κ3) is 4.49. The summed E-state index contributed by atoms with van der Waals surface area (Å²) in [6.07, 6.45) is -4.13. The number of nitrogens with one attached hydrogen (secondary N) is 1. The Morgan fingerprint density at radius 3 is 2.43 bits per heavy atom. The Labute approximate surface area is 127 Å². The predicted octanol–water partition coefficient (Wildman–Crippen LogP) is 2.74. The smallest absolute Gasteiger partial charge is 0.369 e. The summed E-state index contributed by atoms with van der Waals surface area (Å²) in [6, 6.07) is 5.68. The first-order valence-corrected chi connectivity index (χ1v) is 7.24. The molecule has 1 aromatic rings. The maximum atomic E-state index is 12.4. The molecule has 0 aromatic heterocycles. The average Bonchev–Trinajstić information content (AvgIpc) is 2.40. The number of rotatable bonds is 4. The first-order chi connectivity index (χ1) is 9.90. The monoisotopic (exact) mass is 321 g/mol. The summed E-state index contributed by atoms with van der Waals surface area (Å²) < 4.78 is 37.2. The van der Waals surface area contributed by atoms with Crippen LogP contribution in [0.3, 0.4) is 0 Å². The fraction of sp³-hybridized carbons (Fsp3) is 0.571. The Kier molecular flexibility index (Phi) is 5.35.